The van der Waals surface area contributed by atoms with Gasteiger partial charge >= 0.3 is 6.09 Å². The molecule has 0 radical (unpaired) electrons. The minimum Gasteiger partial charge on any atom is -0.445 e. The van der Waals surface area contributed by atoms with Gasteiger partial charge < -0.3 is 9.64 Å². The van der Waals surface area contributed by atoms with Gasteiger partial charge in [-0.15, -0.1) is 11.6 Å². The number of likely N-dealkylation sites (tertiary alicyclic amines) is 1. The molecule has 4 heteroatoms. The van der Waals surface area contributed by atoms with Crippen molar-refractivity contribution in [3.8, 4) is 0 Å². The van der Waals surface area contributed by atoms with Crippen LogP contribution in [0.25, 0.3) is 0 Å². The molecule has 1 aliphatic carbocycles. The summed E-state index contributed by atoms with van der Waals surface area (Å²) in [5.41, 5.74) is 1.34. The van der Waals surface area contributed by atoms with Gasteiger partial charge in [0.1, 0.15) is 6.61 Å². The summed E-state index contributed by atoms with van der Waals surface area (Å²) in [6, 6.07) is 9.82. The Morgan fingerprint density at radius 1 is 1.33 bits per heavy atom. The molecule has 21 heavy (non-hydrogen) atoms. The predicted octanol–water partition coefficient (Wildman–Crippen LogP) is 4.05. The van der Waals surface area contributed by atoms with E-state index in [0.717, 1.165) is 31.0 Å². The minimum atomic E-state index is -0.176. The van der Waals surface area contributed by atoms with E-state index in [1.807, 2.05) is 35.2 Å². The first-order chi connectivity index (χ1) is 10.2. The van der Waals surface area contributed by atoms with Gasteiger partial charge in [-0.3, -0.25) is 0 Å². The maximum atomic E-state index is 12.2. The summed E-state index contributed by atoms with van der Waals surface area (Å²) in [5, 5.41) is 0. The Bertz CT molecular complexity index is 493. The van der Waals surface area contributed by atoms with Crippen LogP contribution in [-0.4, -0.2) is 30.0 Å². The van der Waals surface area contributed by atoms with Crippen LogP contribution in [0, 0.1) is 11.3 Å². The van der Waals surface area contributed by atoms with Crippen molar-refractivity contribution in [3.05, 3.63) is 35.9 Å². The number of benzene rings is 1. The quantitative estimate of drug-likeness (QED) is 0.788. The van der Waals surface area contributed by atoms with E-state index in [0.29, 0.717) is 17.9 Å². The fourth-order valence-corrected chi connectivity index (χ4v) is 3.99. The molecule has 2 atom stereocenters. The van der Waals surface area contributed by atoms with Crippen LogP contribution in [0.2, 0.25) is 0 Å². The topological polar surface area (TPSA) is 29.5 Å². The Morgan fingerprint density at radius 3 is 2.86 bits per heavy atom. The van der Waals surface area contributed by atoms with Crippen LogP contribution in [0.1, 0.15) is 31.2 Å². The zero-order valence-corrected chi connectivity index (χ0v) is 13.0. The summed E-state index contributed by atoms with van der Waals surface area (Å²) < 4.78 is 5.43. The molecule has 114 valence electrons. The molecule has 3 rings (SSSR count). The molecule has 0 bridgehead atoms. The highest BCUT2D eigenvalue weighted by Gasteiger charge is 2.45. The van der Waals surface area contributed by atoms with Crippen molar-refractivity contribution in [1.82, 2.24) is 4.90 Å². The fourth-order valence-electron chi connectivity index (χ4n) is 3.73. The number of hydrogen-bond acceptors (Lipinski definition) is 2. The maximum Gasteiger partial charge on any atom is 0.410 e. The lowest BCUT2D eigenvalue weighted by Gasteiger charge is -2.23. The van der Waals surface area contributed by atoms with E-state index in [-0.39, 0.29) is 6.09 Å². The van der Waals surface area contributed by atoms with Gasteiger partial charge in [0.05, 0.1) is 0 Å². The van der Waals surface area contributed by atoms with Crippen molar-refractivity contribution in [2.24, 2.45) is 11.3 Å². The number of hydrogen-bond donors (Lipinski definition) is 0. The van der Waals surface area contributed by atoms with Crippen LogP contribution >= 0.6 is 11.6 Å². The Kier molecular flexibility index (Phi) is 4.39. The molecule has 1 spiro atoms. The molecule has 0 unspecified atom stereocenters. The Hall–Kier alpha value is -1.22. The first-order valence-electron chi connectivity index (χ1n) is 7.72. The molecular formula is C17H22ClNO2. The zero-order chi connectivity index (χ0) is 14.7. The number of carbonyl (C=O) groups excluding carboxylic acids is 1. The molecule has 2 aliphatic rings. The standard InChI is InChI=1S/C17H22ClNO2/c18-11-15-6-7-17(10-15)8-9-19(13-17)16(20)21-12-14-4-2-1-3-5-14/h1-5,15H,6-13H2/t15-,17-/m1/s1. The first-order valence-corrected chi connectivity index (χ1v) is 8.26. The van der Waals surface area contributed by atoms with Gasteiger partial charge in [-0.2, -0.15) is 0 Å². The molecule has 1 heterocycles. The molecule has 3 nitrogen and oxygen atoms in total. The van der Waals surface area contributed by atoms with Gasteiger partial charge in [0.25, 0.3) is 0 Å². The summed E-state index contributed by atoms with van der Waals surface area (Å²) in [6.45, 7) is 2.02. The van der Waals surface area contributed by atoms with Gasteiger partial charge in [-0.25, -0.2) is 4.79 Å². The summed E-state index contributed by atoms with van der Waals surface area (Å²) in [4.78, 5) is 14.1. The van der Waals surface area contributed by atoms with Crippen molar-refractivity contribution in [1.29, 1.82) is 0 Å². The van der Waals surface area contributed by atoms with E-state index < -0.39 is 0 Å². The van der Waals surface area contributed by atoms with Crippen LogP contribution < -0.4 is 0 Å². The minimum absolute atomic E-state index is 0.176. The van der Waals surface area contributed by atoms with Crippen molar-refractivity contribution >= 4 is 17.7 Å². The highest BCUT2D eigenvalue weighted by molar-refractivity contribution is 6.18. The summed E-state index contributed by atoms with van der Waals surface area (Å²) in [5.74, 6) is 1.38. The largest absolute Gasteiger partial charge is 0.445 e. The SMILES string of the molecule is O=C(OCc1ccccc1)N1CC[C@@]2(CC[C@@H](CCl)C2)C1. The molecule has 1 aromatic carbocycles. The Labute approximate surface area is 131 Å². The second kappa shape index (κ2) is 6.27. The maximum absolute atomic E-state index is 12.2. The molecule has 1 aromatic rings. The zero-order valence-electron chi connectivity index (χ0n) is 12.3. The summed E-state index contributed by atoms with van der Waals surface area (Å²) in [7, 11) is 0. The second-order valence-electron chi connectivity index (χ2n) is 6.47. The van der Waals surface area contributed by atoms with Crippen molar-refractivity contribution in [2.45, 2.75) is 32.3 Å². The second-order valence-corrected chi connectivity index (χ2v) is 6.78. The third kappa shape index (κ3) is 3.34. The van der Waals surface area contributed by atoms with Crippen LogP contribution in [0.3, 0.4) is 0 Å². The Balaban J connectivity index is 1.51. The Morgan fingerprint density at radius 2 is 2.14 bits per heavy atom. The van der Waals surface area contributed by atoms with E-state index in [4.69, 9.17) is 16.3 Å². The highest BCUT2D eigenvalue weighted by Crippen LogP contribution is 2.48. The fraction of sp³-hybridized carbons (Fsp3) is 0.588. The van der Waals surface area contributed by atoms with Gasteiger partial charge in [0, 0.05) is 19.0 Å². The number of amides is 1. The lowest BCUT2D eigenvalue weighted by molar-refractivity contribution is 0.0995. The number of nitrogens with zero attached hydrogens (tertiary/aromatic N) is 1. The molecule has 1 amide bonds. The van der Waals surface area contributed by atoms with Gasteiger partial charge in [0.2, 0.25) is 0 Å². The molecule has 1 saturated heterocycles. The molecular weight excluding hydrogens is 286 g/mol. The molecule has 1 saturated carbocycles. The number of rotatable bonds is 3. The number of halogens is 1. The highest BCUT2D eigenvalue weighted by atomic mass is 35.5. The van der Waals surface area contributed by atoms with E-state index in [1.165, 1.54) is 19.3 Å². The lowest BCUT2D eigenvalue weighted by Crippen LogP contribution is -2.31. The molecule has 0 N–H and O–H groups in total. The van der Waals surface area contributed by atoms with Crippen LogP contribution in [-0.2, 0) is 11.3 Å². The molecule has 2 fully saturated rings. The average molecular weight is 308 g/mol. The lowest BCUT2D eigenvalue weighted by atomic mass is 9.85. The number of alkyl halides is 1. The van der Waals surface area contributed by atoms with E-state index >= 15 is 0 Å². The van der Waals surface area contributed by atoms with E-state index in [9.17, 15) is 4.79 Å². The van der Waals surface area contributed by atoms with Crippen LogP contribution in [0.15, 0.2) is 30.3 Å². The van der Waals surface area contributed by atoms with E-state index in [1.54, 1.807) is 0 Å². The molecule has 0 aromatic heterocycles. The van der Waals surface area contributed by atoms with Gasteiger partial charge in [-0.05, 0) is 42.6 Å². The van der Waals surface area contributed by atoms with Crippen LogP contribution in [0.4, 0.5) is 4.79 Å². The van der Waals surface area contributed by atoms with Crippen molar-refractivity contribution in [3.63, 3.8) is 0 Å². The van der Waals surface area contributed by atoms with E-state index in [2.05, 4.69) is 0 Å². The van der Waals surface area contributed by atoms with Gasteiger partial charge in [0.15, 0.2) is 0 Å². The van der Waals surface area contributed by atoms with Gasteiger partial charge in [-0.1, -0.05) is 30.3 Å². The van der Waals surface area contributed by atoms with Crippen molar-refractivity contribution < 1.29 is 9.53 Å². The first kappa shape index (κ1) is 14.7. The third-order valence-corrected chi connectivity index (χ3v) is 5.36. The monoisotopic (exact) mass is 307 g/mol. The third-order valence-electron chi connectivity index (χ3n) is 4.92. The predicted molar refractivity (Wildman–Crippen MR) is 83.3 cm³/mol. The molecule has 1 aliphatic heterocycles. The number of carbonyl (C=O) groups is 1. The summed E-state index contributed by atoms with van der Waals surface area (Å²) >= 11 is 5.98. The normalized spacial score (nSPS) is 28.2. The summed E-state index contributed by atoms with van der Waals surface area (Å²) in [6.07, 6.45) is 4.49. The van der Waals surface area contributed by atoms with Crippen LogP contribution in [0.5, 0.6) is 0 Å². The average Bonchev–Trinajstić information content (AvgIpc) is 3.13. The smallest absolute Gasteiger partial charge is 0.410 e. The number of ether oxygens (including phenoxy) is 1. The van der Waals surface area contributed by atoms with Crippen molar-refractivity contribution in [2.75, 3.05) is 19.0 Å².